The molecule has 0 amide bonds. The summed E-state index contributed by atoms with van der Waals surface area (Å²) in [6.07, 6.45) is 2.63. The van der Waals surface area contributed by atoms with Crippen molar-refractivity contribution in [2.45, 2.75) is 6.92 Å². The summed E-state index contributed by atoms with van der Waals surface area (Å²) in [6.45, 7) is 1.70. The van der Waals surface area contributed by atoms with Crippen LogP contribution in [0.4, 0.5) is 5.95 Å². The van der Waals surface area contributed by atoms with Crippen LogP contribution in [0.3, 0.4) is 0 Å². The molecule has 0 bridgehead atoms. The first-order valence-corrected chi connectivity index (χ1v) is 4.20. The van der Waals surface area contributed by atoms with Crippen LogP contribution in [-0.2, 0) is 0 Å². The fourth-order valence-corrected chi connectivity index (χ4v) is 1.17. The highest BCUT2D eigenvalue weighted by molar-refractivity contribution is 5.85. The Morgan fingerprint density at radius 3 is 3.07 bits per heavy atom. The summed E-state index contributed by atoms with van der Waals surface area (Å²) in [4.78, 5) is 8.03. The van der Waals surface area contributed by atoms with Gasteiger partial charge in [0, 0.05) is 12.4 Å². The zero-order valence-electron chi connectivity index (χ0n) is 8.02. The fraction of sp³-hybridized carbons (Fsp3) is 0.111. The molecule has 0 atom stereocenters. The van der Waals surface area contributed by atoms with E-state index in [4.69, 9.17) is 11.1 Å². The van der Waals surface area contributed by atoms with E-state index >= 15 is 0 Å². The molecule has 0 unspecified atom stereocenters. The molecule has 15 heavy (non-hydrogen) atoms. The Bertz CT molecular complexity index is 586. The van der Waals surface area contributed by atoms with Crippen molar-refractivity contribution in [3.05, 3.63) is 17.6 Å². The molecular formula is C9H8N6. The van der Waals surface area contributed by atoms with Gasteiger partial charge < -0.3 is 11.1 Å². The van der Waals surface area contributed by atoms with Crippen molar-refractivity contribution in [3.8, 4) is 11.8 Å². The van der Waals surface area contributed by atoms with Gasteiger partial charge >= 0.3 is 0 Å². The molecule has 2 aromatic rings. The normalized spacial score (nSPS) is 9.67. The van der Waals surface area contributed by atoms with Gasteiger partial charge in [-0.05, 0) is 12.8 Å². The Labute approximate surface area is 85.7 Å². The molecule has 0 fully saturated rings. The van der Waals surface area contributed by atoms with Gasteiger partial charge in [0.15, 0.2) is 5.65 Å². The number of fused-ring (bicyclic) bond motifs is 1. The van der Waals surface area contributed by atoms with Crippen LogP contribution in [0.2, 0.25) is 0 Å². The first-order valence-electron chi connectivity index (χ1n) is 4.20. The molecule has 3 N–H and O–H groups in total. The highest BCUT2D eigenvalue weighted by Gasteiger charge is 2.08. The third-order valence-corrected chi connectivity index (χ3v) is 1.81. The lowest BCUT2D eigenvalue weighted by atomic mass is 10.3. The van der Waals surface area contributed by atoms with E-state index in [9.17, 15) is 0 Å². The van der Waals surface area contributed by atoms with Gasteiger partial charge in [-0.15, -0.1) is 5.10 Å². The molecule has 2 rings (SSSR count). The number of aromatic nitrogens is 4. The first kappa shape index (κ1) is 9.15. The Hall–Kier alpha value is -2.42. The maximum Gasteiger partial charge on any atom is 0.226 e. The van der Waals surface area contributed by atoms with Gasteiger partial charge in [-0.1, -0.05) is 5.92 Å². The molecule has 6 nitrogen and oxygen atoms in total. The summed E-state index contributed by atoms with van der Waals surface area (Å²) < 4.78 is 1.38. The standard InChI is InChI=1S/C9H8N6/c1-2-3-7-13-8-6(4-10)5-12-9(11)15(8)14-7/h4-5,10H,1H3,(H2,11,12). The monoisotopic (exact) mass is 200 g/mol. The maximum atomic E-state index is 7.18. The maximum absolute atomic E-state index is 7.18. The third-order valence-electron chi connectivity index (χ3n) is 1.81. The molecule has 0 aromatic carbocycles. The lowest BCUT2D eigenvalue weighted by molar-refractivity contribution is 0.930. The largest absolute Gasteiger partial charge is 0.368 e. The van der Waals surface area contributed by atoms with E-state index in [1.807, 2.05) is 0 Å². The predicted molar refractivity (Wildman–Crippen MR) is 55.6 cm³/mol. The van der Waals surface area contributed by atoms with Crippen LogP contribution in [0, 0.1) is 17.3 Å². The van der Waals surface area contributed by atoms with Crippen LogP contribution >= 0.6 is 0 Å². The number of nitrogens with one attached hydrogen (secondary N) is 1. The molecule has 2 aromatic heterocycles. The first-order chi connectivity index (χ1) is 7.26. The second-order valence-corrected chi connectivity index (χ2v) is 2.76. The van der Waals surface area contributed by atoms with Gasteiger partial charge in [-0.2, -0.15) is 9.50 Å². The van der Waals surface area contributed by atoms with E-state index < -0.39 is 0 Å². The van der Waals surface area contributed by atoms with E-state index in [2.05, 4.69) is 26.9 Å². The molecule has 0 saturated carbocycles. The number of anilines is 1. The minimum atomic E-state index is 0.229. The van der Waals surface area contributed by atoms with Crippen LogP contribution in [0.5, 0.6) is 0 Å². The zero-order valence-corrected chi connectivity index (χ0v) is 8.02. The smallest absolute Gasteiger partial charge is 0.226 e. The van der Waals surface area contributed by atoms with Crippen molar-refractivity contribution in [2.75, 3.05) is 5.73 Å². The Morgan fingerprint density at radius 1 is 1.60 bits per heavy atom. The molecule has 0 radical (unpaired) electrons. The average molecular weight is 200 g/mol. The van der Waals surface area contributed by atoms with Crippen molar-refractivity contribution in [1.82, 2.24) is 19.6 Å². The van der Waals surface area contributed by atoms with Crippen LogP contribution in [-0.4, -0.2) is 25.8 Å². The van der Waals surface area contributed by atoms with Crippen molar-refractivity contribution >= 4 is 17.8 Å². The highest BCUT2D eigenvalue weighted by Crippen LogP contribution is 2.08. The number of nitrogens with zero attached hydrogens (tertiary/aromatic N) is 4. The molecule has 74 valence electrons. The predicted octanol–water partition coefficient (Wildman–Crippen LogP) is 0.0756. The second kappa shape index (κ2) is 3.38. The Morgan fingerprint density at radius 2 is 2.40 bits per heavy atom. The minimum absolute atomic E-state index is 0.229. The van der Waals surface area contributed by atoms with Gasteiger partial charge in [0.1, 0.15) is 0 Å². The number of rotatable bonds is 1. The quantitative estimate of drug-likeness (QED) is 0.503. The van der Waals surface area contributed by atoms with Gasteiger partial charge in [0.25, 0.3) is 0 Å². The SMILES string of the molecule is CC#Cc1nc2c(C=N)cnc(N)n2n1. The van der Waals surface area contributed by atoms with Crippen LogP contribution < -0.4 is 5.73 Å². The highest BCUT2D eigenvalue weighted by atomic mass is 15.3. The number of nitrogens with two attached hydrogens (primary N) is 1. The third kappa shape index (κ3) is 1.40. The van der Waals surface area contributed by atoms with Crippen molar-refractivity contribution in [3.63, 3.8) is 0 Å². The van der Waals surface area contributed by atoms with E-state index in [1.165, 1.54) is 10.7 Å². The fourth-order valence-electron chi connectivity index (χ4n) is 1.17. The number of hydrogen-bond donors (Lipinski definition) is 2. The van der Waals surface area contributed by atoms with Crippen LogP contribution in [0.1, 0.15) is 18.3 Å². The van der Waals surface area contributed by atoms with Gasteiger partial charge in [-0.25, -0.2) is 4.98 Å². The second-order valence-electron chi connectivity index (χ2n) is 2.76. The van der Waals surface area contributed by atoms with E-state index in [1.54, 1.807) is 6.92 Å². The van der Waals surface area contributed by atoms with Crippen molar-refractivity contribution in [1.29, 1.82) is 5.41 Å². The minimum Gasteiger partial charge on any atom is -0.368 e. The Kier molecular flexibility index (Phi) is 2.06. The summed E-state index contributed by atoms with van der Waals surface area (Å²) in [5, 5.41) is 11.2. The van der Waals surface area contributed by atoms with E-state index in [-0.39, 0.29) is 5.95 Å². The molecule has 2 heterocycles. The summed E-state index contributed by atoms with van der Waals surface area (Å²) in [6, 6.07) is 0. The summed E-state index contributed by atoms with van der Waals surface area (Å²) in [5.74, 6) is 6.02. The molecule has 0 aliphatic heterocycles. The molecule has 0 aliphatic carbocycles. The van der Waals surface area contributed by atoms with Gasteiger partial charge in [0.05, 0.1) is 5.56 Å². The van der Waals surface area contributed by atoms with Crippen molar-refractivity contribution in [2.24, 2.45) is 0 Å². The average Bonchev–Trinajstić information content (AvgIpc) is 2.64. The van der Waals surface area contributed by atoms with Gasteiger partial charge in [-0.3, -0.25) is 0 Å². The number of nitrogen functional groups attached to an aromatic ring is 1. The van der Waals surface area contributed by atoms with E-state index in [0.29, 0.717) is 17.0 Å². The number of hydrogen-bond acceptors (Lipinski definition) is 5. The zero-order chi connectivity index (χ0) is 10.8. The van der Waals surface area contributed by atoms with Crippen molar-refractivity contribution < 1.29 is 0 Å². The molecular weight excluding hydrogens is 192 g/mol. The molecule has 0 aliphatic rings. The summed E-state index contributed by atoms with van der Waals surface area (Å²) in [7, 11) is 0. The lowest BCUT2D eigenvalue weighted by Crippen LogP contribution is -2.03. The summed E-state index contributed by atoms with van der Waals surface area (Å²) >= 11 is 0. The Balaban J connectivity index is 2.81. The molecule has 0 saturated heterocycles. The molecule has 0 spiro atoms. The van der Waals surface area contributed by atoms with Crippen LogP contribution in [0.25, 0.3) is 5.65 Å². The topological polar surface area (TPSA) is 93.0 Å². The summed E-state index contributed by atoms with van der Waals surface area (Å²) in [5.41, 5.74) is 6.67. The van der Waals surface area contributed by atoms with E-state index in [0.717, 1.165) is 6.21 Å². The lowest BCUT2D eigenvalue weighted by Gasteiger charge is -1.97. The van der Waals surface area contributed by atoms with Gasteiger partial charge in [0.2, 0.25) is 11.8 Å². The molecule has 6 heteroatoms. The van der Waals surface area contributed by atoms with Crippen LogP contribution in [0.15, 0.2) is 6.20 Å².